The lowest BCUT2D eigenvalue weighted by atomic mass is 10.2. The summed E-state index contributed by atoms with van der Waals surface area (Å²) in [5.74, 6) is -0.271. The maximum atomic E-state index is 10.4. The Balaban J connectivity index is 2.12. The van der Waals surface area contributed by atoms with Gasteiger partial charge in [-0.2, -0.15) is 4.37 Å². The first-order valence-electron chi connectivity index (χ1n) is 4.59. The summed E-state index contributed by atoms with van der Waals surface area (Å²) >= 11 is 8.14. The topological polar surface area (TPSA) is 63.1 Å². The second-order valence-electron chi connectivity index (χ2n) is 3.07. The molecule has 1 aromatic carbocycles. The number of thioether (sulfide) groups is 1. The summed E-state index contributed by atoms with van der Waals surface area (Å²) in [5.41, 5.74) is 0.868. The van der Waals surface area contributed by atoms with Gasteiger partial charge in [0, 0.05) is 10.6 Å². The summed E-state index contributed by atoms with van der Waals surface area (Å²) in [6.07, 6.45) is 0. The Labute approximate surface area is 111 Å². The van der Waals surface area contributed by atoms with Crippen molar-refractivity contribution in [2.45, 2.75) is 4.34 Å². The summed E-state index contributed by atoms with van der Waals surface area (Å²) in [7, 11) is 0. The molecule has 1 aromatic heterocycles. The average molecular weight is 287 g/mol. The highest BCUT2D eigenvalue weighted by Crippen LogP contribution is 2.25. The van der Waals surface area contributed by atoms with E-state index in [0.29, 0.717) is 15.2 Å². The Kier molecular flexibility index (Phi) is 3.98. The van der Waals surface area contributed by atoms with Gasteiger partial charge in [0.15, 0.2) is 10.2 Å². The van der Waals surface area contributed by atoms with Crippen LogP contribution in [0.3, 0.4) is 0 Å². The molecule has 4 nitrogen and oxygen atoms in total. The number of carbonyl (C=O) groups is 1. The van der Waals surface area contributed by atoms with Crippen molar-refractivity contribution in [3.8, 4) is 11.4 Å². The van der Waals surface area contributed by atoms with E-state index in [0.717, 1.165) is 5.56 Å². The molecule has 0 saturated heterocycles. The van der Waals surface area contributed by atoms with Gasteiger partial charge in [-0.1, -0.05) is 23.4 Å². The van der Waals surface area contributed by atoms with E-state index in [1.54, 1.807) is 12.1 Å². The van der Waals surface area contributed by atoms with Crippen molar-refractivity contribution < 1.29 is 9.90 Å². The maximum Gasteiger partial charge on any atom is 0.313 e. The molecule has 0 bridgehead atoms. The number of hydrogen-bond acceptors (Lipinski definition) is 5. The number of carboxylic acid groups (broad SMARTS) is 1. The molecule has 0 atom stereocenters. The molecule has 88 valence electrons. The molecule has 17 heavy (non-hydrogen) atoms. The van der Waals surface area contributed by atoms with E-state index in [4.69, 9.17) is 16.7 Å². The first-order valence-corrected chi connectivity index (χ1v) is 6.73. The van der Waals surface area contributed by atoms with Gasteiger partial charge in [-0.3, -0.25) is 4.79 Å². The van der Waals surface area contributed by atoms with Gasteiger partial charge in [-0.25, -0.2) is 4.98 Å². The number of benzene rings is 1. The number of rotatable bonds is 4. The molecule has 0 unspecified atom stereocenters. The largest absolute Gasteiger partial charge is 0.481 e. The van der Waals surface area contributed by atoms with Gasteiger partial charge in [0.1, 0.15) is 0 Å². The molecule has 2 rings (SSSR count). The monoisotopic (exact) mass is 286 g/mol. The minimum absolute atomic E-state index is 0.00471. The number of halogens is 1. The van der Waals surface area contributed by atoms with E-state index in [1.807, 2.05) is 12.1 Å². The van der Waals surface area contributed by atoms with Gasteiger partial charge in [0.25, 0.3) is 0 Å². The average Bonchev–Trinajstić information content (AvgIpc) is 2.76. The van der Waals surface area contributed by atoms with Crippen LogP contribution in [0, 0.1) is 0 Å². The third kappa shape index (κ3) is 3.42. The highest BCUT2D eigenvalue weighted by molar-refractivity contribution is 8.01. The Morgan fingerprint density at radius 2 is 2.12 bits per heavy atom. The van der Waals surface area contributed by atoms with Crippen molar-refractivity contribution in [3.63, 3.8) is 0 Å². The summed E-state index contributed by atoms with van der Waals surface area (Å²) in [4.78, 5) is 14.7. The smallest absolute Gasteiger partial charge is 0.313 e. The minimum atomic E-state index is -0.863. The summed E-state index contributed by atoms with van der Waals surface area (Å²) in [6, 6.07) is 7.19. The summed E-state index contributed by atoms with van der Waals surface area (Å²) in [6.45, 7) is 0. The van der Waals surface area contributed by atoms with E-state index in [-0.39, 0.29) is 5.75 Å². The molecule has 2 aromatic rings. The number of carboxylic acids is 1. The van der Waals surface area contributed by atoms with E-state index < -0.39 is 5.97 Å². The van der Waals surface area contributed by atoms with Crippen molar-refractivity contribution >= 4 is 40.9 Å². The molecule has 0 amide bonds. The van der Waals surface area contributed by atoms with Gasteiger partial charge < -0.3 is 5.11 Å². The molecule has 0 aliphatic heterocycles. The lowest BCUT2D eigenvalue weighted by molar-refractivity contribution is -0.133. The van der Waals surface area contributed by atoms with Crippen molar-refractivity contribution in [1.82, 2.24) is 9.36 Å². The molecule has 0 radical (unpaired) electrons. The fraction of sp³-hybridized carbons (Fsp3) is 0.100. The molecule has 0 saturated carbocycles. The molecule has 1 heterocycles. The zero-order valence-electron chi connectivity index (χ0n) is 8.46. The predicted octanol–water partition coefficient (Wildman–Crippen LogP) is 3.04. The van der Waals surface area contributed by atoms with Crippen LogP contribution in [0.15, 0.2) is 28.6 Å². The first kappa shape index (κ1) is 12.3. The van der Waals surface area contributed by atoms with Gasteiger partial charge in [-0.15, -0.1) is 0 Å². The van der Waals surface area contributed by atoms with Crippen LogP contribution in [0.4, 0.5) is 0 Å². The van der Waals surface area contributed by atoms with E-state index in [9.17, 15) is 4.79 Å². The molecule has 7 heteroatoms. The number of nitrogens with zero attached hydrogens (tertiary/aromatic N) is 2. The van der Waals surface area contributed by atoms with Gasteiger partial charge in [-0.05, 0) is 35.8 Å². The summed E-state index contributed by atoms with van der Waals surface area (Å²) in [5, 5.41) is 9.21. The van der Waals surface area contributed by atoms with Gasteiger partial charge in [0.05, 0.1) is 5.75 Å². The minimum Gasteiger partial charge on any atom is -0.481 e. The zero-order chi connectivity index (χ0) is 12.3. The van der Waals surface area contributed by atoms with E-state index in [2.05, 4.69) is 9.36 Å². The number of aliphatic carboxylic acids is 1. The fourth-order valence-corrected chi connectivity index (χ4v) is 2.57. The maximum absolute atomic E-state index is 10.4. The summed E-state index contributed by atoms with van der Waals surface area (Å²) < 4.78 is 4.82. The Hall–Kier alpha value is -1.11. The second-order valence-corrected chi connectivity index (χ2v) is 5.48. The normalized spacial score (nSPS) is 10.4. The number of aromatic nitrogens is 2. The van der Waals surface area contributed by atoms with Crippen molar-refractivity contribution in [1.29, 1.82) is 0 Å². The zero-order valence-corrected chi connectivity index (χ0v) is 10.8. The Morgan fingerprint density at radius 1 is 1.41 bits per heavy atom. The van der Waals surface area contributed by atoms with Crippen LogP contribution < -0.4 is 0 Å². The van der Waals surface area contributed by atoms with Crippen LogP contribution in [0.5, 0.6) is 0 Å². The molecule has 1 N–H and O–H groups in total. The SMILES string of the molecule is O=C(O)CSc1nc(-c2ccc(Cl)cc2)ns1. The lowest BCUT2D eigenvalue weighted by Crippen LogP contribution is -1.96. The first-order chi connectivity index (χ1) is 8.15. The van der Waals surface area contributed by atoms with Crippen LogP contribution in [0.1, 0.15) is 0 Å². The van der Waals surface area contributed by atoms with E-state index in [1.165, 1.54) is 23.3 Å². The Morgan fingerprint density at radius 3 is 2.76 bits per heavy atom. The molecule has 0 fully saturated rings. The predicted molar refractivity (Wildman–Crippen MR) is 68.7 cm³/mol. The fourth-order valence-electron chi connectivity index (χ4n) is 1.11. The molecule has 0 aliphatic rings. The standard InChI is InChI=1S/C10H7ClN2O2S2/c11-7-3-1-6(2-4-7)9-12-10(17-13-9)16-5-8(14)15/h1-4H,5H2,(H,14,15). The van der Waals surface area contributed by atoms with Crippen molar-refractivity contribution in [2.24, 2.45) is 0 Å². The van der Waals surface area contributed by atoms with Gasteiger partial charge >= 0.3 is 5.97 Å². The van der Waals surface area contributed by atoms with Crippen LogP contribution in [0.25, 0.3) is 11.4 Å². The molecule has 0 spiro atoms. The van der Waals surface area contributed by atoms with E-state index >= 15 is 0 Å². The highest BCUT2D eigenvalue weighted by Gasteiger charge is 2.08. The third-order valence-electron chi connectivity index (χ3n) is 1.83. The number of hydrogen-bond donors (Lipinski definition) is 1. The van der Waals surface area contributed by atoms with Crippen LogP contribution in [-0.2, 0) is 4.79 Å². The lowest BCUT2D eigenvalue weighted by Gasteiger charge is -1.94. The van der Waals surface area contributed by atoms with Crippen LogP contribution in [0.2, 0.25) is 5.02 Å². The van der Waals surface area contributed by atoms with Crippen molar-refractivity contribution in [2.75, 3.05) is 5.75 Å². The van der Waals surface area contributed by atoms with Crippen molar-refractivity contribution in [3.05, 3.63) is 29.3 Å². The highest BCUT2D eigenvalue weighted by atomic mass is 35.5. The quantitative estimate of drug-likeness (QED) is 0.875. The molecular formula is C10H7ClN2O2S2. The third-order valence-corrected chi connectivity index (χ3v) is 3.90. The second kappa shape index (κ2) is 5.48. The molecular weight excluding hydrogens is 280 g/mol. The van der Waals surface area contributed by atoms with Crippen LogP contribution >= 0.6 is 34.9 Å². The Bertz CT molecular complexity index is 527. The molecule has 0 aliphatic carbocycles. The van der Waals surface area contributed by atoms with Crippen LogP contribution in [-0.4, -0.2) is 26.2 Å². The van der Waals surface area contributed by atoms with Gasteiger partial charge in [0.2, 0.25) is 0 Å².